The van der Waals surface area contributed by atoms with E-state index in [0.29, 0.717) is 18.6 Å². The van der Waals surface area contributed by atoms with Crippen LogP contribution in [0.5, 0.6) is 0 Å². The van der Waals surface area contributed by atoms with Crippen molar-refractivity contribution < 1.29 is 28.9 Å². The second kappa shape index (κ2) is 4.86. The molecule has 0 radical (unpaired) electrons. The molecule has 0 aromatic carbocycles. The van der Waals surface area contributed by atoms with Gasteiger partial charge in [0, 0.05) is 30.3 Å². The van der Waals surface area contributed by atoms with Crippen molar-refractivity contribution in [1.82, 2.24) is 0 Å². The number of aliphatic hydroxyl groups is 1. The molecule has 25 heavy (non-hydrogen) atoms. The third kappa shape index (κ3) is 1.92. The number of esters is 1. The van der Waals surface area contributed by atoms with Gasteiger partial charge in [-0.1, -0.05) is 20.8 Å². The Morgan fingerprint density at radius 2 is 1.92 bits per heavy atom. The third-order valence-electron chi connectivity index (χ3n) is 6.81. The molecule has 138 valence electrons. The van der Waals surface area contributed by atoms with E-state index < -0.39 is 28.9 Å². The van der Waals surface area contributed by atoms with E-state index in [0.717, 1.165) is 0 Å². The summed E-state index contributed by atoms with van der Waals surface area (Å²) < 4.78 is 17.8. The average molecular weight is 350 g/mol. The fourth-order valence-electron chi connectivity index (χ4n) is 5.22. The first-order chi connectivity index (χ1) is 11.5. The highest BCUT2D eigenvalue weighted by Gasteiger charge is 2.75. The van der Waals surface area contributed by atoms with Crippen LogP contribution >= 0.6 is 0 Å². The molecule has 7 unspecified atom stereocenters. The van der Waals surface area contributed by atoms with E-state index in [2.05, 4.69) is 0 Å². The molecule has 3 fully saturated rings. The quantitative estimate of drug-likeness (QED) is 0.728. The maximum atomic E-state index is 12.8. The first kappa shape index (κ1) is 17.0. The molecular weight excluding hydrogens is 324 g/mol. The maximum Gasteiger partial charge on any atom is 0.318 e. The molecule has 1 N–H and O–H groups in total. The summed E-state index contributed by atoms with van der Waals surface area (Å²) in [6.45, 7) is 9.14. The highest BCUT2D eigenvalue weighted by molar-refractivity contribution is 5.99. The van der Waals surface area contributed by atoms with E-state index in [1.165, 1.54) is 0 Å². The minimum atomic E-state index is -1.62. The predicted octanol–water partition coefficient (Wildman–Crippen LogP) is 1.95. The van der Waals surface area contributed by atoms with Crippen molar-refractivity contribution in [2.24, 2.45) is 23.2 Å². The average Bonchev–Trinajstić information content (AvgIpc) is 3.03. The van der Waals surface area contributed by atoms with Crippen molar-refractivity contribution in [3.8, 4) is 0 Å². The fraction of sp³-hybridized carbons (Fsp3) is 0.789. The van der Waals surface area contributed by atoms with Crippen LogP contribution in [0.3, 0.4) is 0 Å². The third-order valence-corrected chi connectivity index (χ3v) is 6.81. The van der Waals surface area contributed by atoms with Gasteiger partial charge in [0.15, 0.2) is 11.4 Å². The maximum absolute atomic E-state index is 12.8. The summed E-state index contributed by atoms with van der Waals surface area (Å²) in [6, 6.07) is 0. The molecular formula is C19H26O6. The molecule has 0 aromatic heterocycles. The molecule has 4 heterocycles. The molecule has 0 aliphatic carbocycles. The fourth-order valence-corrected chi connectivity index (χ4v) is 5.22. The molecule has 4 rings (SSSR count). The first-order valence-corrected chi connectivity index (χ1v) is 9.09. The van der Waals surface area contributed by atoms with E-state index in [4.69, 9.17) is 14.2 Å². The molecule has 4 aliphatic heterocycles. The van der Waals surface area contributed by atoms with Crippen molar-refractivity contribution in [1.29, 1.82) is 0 Å². The summed E-state index contributed by atoms with van der Waals surface area (Å²) in [5, 5.41) is 11.3. The molecule has 7 atom stereocenters. The Hall–Kier alpha value is -1.40. The van der Waals surface area contributed by atoms with Gasteiger partial charge in [-0.3, -0.25) is 9.59 Å². The lowest BCUT2D eigenvalue weighted by Crippen LogP contribution is -2.52. The van der Waals surface area contributed by atoms with Gasteiger partial charge >= 0.3 is 5.97 Å². The zero-order valence-electron chi connectivity index (χ0n) is 15.4. The number of hydrogen-bond donors (Lipinski definition) is 1. The van der Waals surface area contributed by atoms with E-state index in [-0.39, 0.29) is 29.6 Å². The molecule has 0 amide bonds. The van der Waals surface area contributed by atoms with Crippen LogP contribution in [0, 0.1) is 23.2 Å². The lowest BCUT2D eigenvalue weighted by atomic mass is 9.66. The number of fused-ring (bicyclic) bond motifs is 2. The van der Waals surface area contributed by atoms with Crippen LogP contribution in [0.2, 0.25) is 0 Å². The number of ether oxygens (including phenoxy) is 3. The smallest absolute Gasteiger partial charge is 0.318 e. The Morgan fingerprint density at radius 3 is 2.56 bits per heavy atom. The lowest BCUT2D eigenvalue weighted by Gasteiger charge is -2.37. The van der Waals surface area contributed by atoms with Crippen LogP contribution < -0.4 is 0 Å². The molecule has 0 aromatic rings. The number of carbonyl (C=O) groups is 2. The van der Waals surface area contributed by atoms with Crippen LogP contribution in [-0.2, 0) is 23.8 Å². The Morgan fingerprint density at radius 1 is 1.24 bits per heavy atom. The van der Waals surface area contributed by atoms with Crippen LogP contribution in [0.1, 0.15) is 47.5 Å². The molecule has 0 saturated carbocycles. The Balaban J connectivity index is 1.83. The van der Waals surface area contributed by atoms with Gasteiger partial charge in [-0.15, -0.1) is 0 Å². The van der Waals surface area contributed by atoms with Gasteiger partial charge in [-0.25, -0.2) is 0 Å². The van der Waals surface area contributed by atoms with Crippen molar-refractivity contribution in [3.05, 3.63) is 11.8 Å². The summed E-state index contributed by atoms with van der Waals surface area (Å²) in [4.78, 5) is 25.3. The molecule has 0 spiro atoms. The van der Waals surface area contributed by atoms with E-state index in [9.17, 15) is 14.7 Å². The number of rotatable bonds is 1. The molecule has 2 bridgehead atoms. The van der Waals surface area contributed by atoms with Gasteiger partial charge < -0.3 is 19.3 Å². The molecule has 6 heteroatoms. The van der Waals surface area contributed by atoms with E-state index in [1.807, 2.05) is 20.8 Å². The Bertz CT molecular complexity index is 683. The number of carbonyl (C=O) groups excluding carboxylic acids is 2. The largest absolute Gasteiger partial charge is 0.483 e. The Kier molecular flexibility index (Phi) is 3.31. The second-order valence-electron chi connectivity index (χ2n) is 8.76. The SMILES string of the molecule is CC1CC2OC(=O)C3(C)C2C(CC2(C)OC1=CC2=O)OC3(O)C(C)C. The number of hydrogen-bond acceptors (Lipinski definition) is 6. The normalized spacial score (nSPS) is 51.4. The zero-order chi connectivity index (χ0) is 18.4. The van der Waals surface area contributed by atoms with Gasteiger partial charge in [0.1, 0.15) is 17.3 Å². The Labute approximate surface area is 147 Å². The lowest BCUT2D eigenvalue weighted by molar-refractivity contribution is -0.264. The molecule has 3 saturated heterocycles. The van der Waals surface area contributed by atoms with E-state index >= 15 is 0 Å². The standard InChI is InChI=1S/C19H26O6/c1-9(2)19(22)18(5)15-12(23-16(18)21)6-10(3)11-7-14(20)17(4,24-11)8-13(15)25-19/h7,9-10,12-13,15,22H,6,8H2,1-5H3. The number of ketones is 1. The summed E-state index contributed by atoms with van der Waals surface area (Å²) in [7, 11) is 0. The van der Waals surface area contributed by atoms with Crippen LogP contribution in [0.25, 0.3) is 0 Å². The molecule has 4 aliphatic rings. The summed E-state index contributed by atoms with van der Waals surface area (Å²) in [5.41, 5.74) is -2.16. The van der Waals surface area contributed by atoms with Gasteiger partial charge in [-0.2, -0.15) is 0 Å². The first-order valence-electron chi connectivity index (χ1n) is 9.09. The van der Waals surface area contributed by atoms with Crippen molar-refractivity contribution >= 4 is 11.8 Å². The predicted molar refractivity (Wildman–Crippen MR) is 87.1 cm³/mol. The monoisotopic (exact) mass is 350 g/mol. The highest BCUT2D eigenvalue weighted by Crippen LogP contribution is 2.61. The second-order valence-corrected chi connectivity index (χ2v) is 8.76. The minimum Gasteiger partial charge on any atom is -0.483 e. The number of allylic oxidation sites excluding steroid dienone is 1. The topological polar surface area (TPSA) is 82.1 Å². The highest BCUT2D eigenvalue weighted by atomic mass is 16.7. The van der Waals surface area contributed by atoms with Gasteiger partial charge in [-0.05, 0) is 20.3 Å². The van der Waals surface area contributed by atoms with Crippen molar-refractivity contribution in [2.45, 2.75) is 71.1 Å². The van der Waals surface area contributed by atoms with Gasteiger partial charge in [0.2, 0.25) is 5.78 Å². The summed E-state index contributed by atoms with van der Waals surface area (Å²) in [5.74, 6) is -2.10. The van der Waals surface area contributed by atoms with Crippen LogP contribution in [-0.4, -0.2) is 40.5 Å². The summed E-state index contributed by atoms with van der Waals surface area (Å²) >= 11 is 0. The van der Waals surface area contributed by atoms with Crippen LogP contribution in [0.15, 0.2) is 11.8 Å². The van der Waals surface area contributed by atoms with E-state index in [1.54, 1.807) is 19.9 Å². The van der Waals surface area contributed by atoms with Crippen molar-refractivity contribution in [3.63, 3.8) is 0 Å². The molecule has 6 nitrogen and oxygen atoms in total. The summed E-state index contributed by atoms with van der Waals surface area (Å²) in [6.07, 6.45) is 1.56. The van der Waals surface area contributed by atoms with Crippen LogP contribution in [0.4, 0.5) is 0 Å². The zero-order valence-corrected chi connectivity index (χ0v) is 15.4. The van der Waals surface area contributed by atoms with Gasteiger partial charge in [0.05, 0.1) is 6.10 Å². The van der Waals surface area contributed by atoms with Gasteiger partial charge in [0.25, 0.3) is 0 Å². The minimum absolute atomic E-state index is 0.0441. The van der Waals surface area contributed by atoms with Crippen molar-refractivity contribution in [2.75, 3.05) is 0 Å².